The third kappa shape index (κ3) is 4.90. The fraction of sp³-hybridized carbons (Fsp3) is 0.786. The van der Waals surface area contributed by atoms with E-state index in [0.717, 1.165) is 23.8 Å². The topological polar surface area (TPSA) is 51.4 Å². The van der Waals surface area contributed by atoms with Crippen LogP contribution in [0.3, 0.4) is 0 Å². The fourth-order valence-electron chi connectivity index (χ4n) is 1.85. The summed E-state index contributed by atoms with van der Waals surface area (Å²) in [6.45, 7) is 10.6. The summed E-state index contributed by atoms with van der Waals surface area (Å²) in [6, 6.07) is 0. The standard InChI is InChI=1S/C14H27N3OS/c1-5-7-9-17(10-8-6-2)14-12(18-11(3)4)13(15)16-19-14/h11H,5-10H2,1-4H3,(H2,15,16). The van der Waals surface area contributed by atoms with Gasteiger partial charge in [-0.2, -0.15) is 4.37 Å². The lowest BCUT2D eigenvalue weighted by Crippen LogP contribution is -2.25. The number of anilines is 2. The molecule has 0 bridgehead atoms. The molecule has 4 nitrogen and oxygen atoms in total. The summed E-state index contributed by atoms with van der Waals surface area (Å²) >= 11 is 1.45. The SMILES string of the molecule is CCCCN(CCCC)c1snc(N)c1OC(C)C. The maximum Gasteiger partial charge on any atom is 0.198 e. The number of nitrogen functional groups attached to an aromatic ring is 1. The second kappa shape index (κ2) is 8.25. The van der Waals surface area contributed by atoms with Gasteiger partial charge in [0.1, 0.15) is 0 Å². The van der Waals surface area contributed by atoms with Crippen LogP contribution in [0.15, 0.2) is 0 Å². The smallest absolute Gasteiger partial charge is 0.198 e. The van der Waals surface area contributed by atoms with Crippen LogP contribution in [0.2, 0.25) is 0 Å². The maximum atomic E-state index is 5.93. The molecule has 0 aliphatic carbocycles. The van der Waals surface area contributed by atoms with Crippen LogP contribution in [0.1, 0.15) is 53.4 Å². The number of rotatable bonds is 9. The first-order valence-electron chi connectivity index (χ1n) is 7.26. The molecule has 0 unspecified atom stereocenters. The van der Waals surface area contributed by atoms with E-state index >= 15 is 0 Å². The second-order valence-electron chi connectivity index (χ2n) is 5.06. The van der Waals surface area contributed by atoms with Crippen molar-refractivity contribution in [2.24, 2.45) is 0 Å². The molecular formula is C14H27N3OS. The normalized spacial score (nSPS) is 11.0. The molecule has 2 N–H and O–H groups in total. The van der Waals surface area contributed by atoms with Crippen molar-refractivity contribution in [2.75, 3.05) is 23.7 Å². The van der Waals surface area contributed by atoms with Crippen molar-refractivity contribution in [3.63, 3.8) is 0 Å². The molecule has 1 heterocycles. The highest BCUT2D eigenvalue weighted by atomic mass is 32.1. The van der Waals surface area contributed by atoms with Crippen LogP contribution >= 0.6 is 11.5 Å². The van der Waals surface area contributed by atoms with Gasteiger partial charge in [-0.1, -0.05) is 26.7 Å². The van der Waals surface area contributed by atoms with Crippen molar-refractivity contribution >= 4 is 22.4 Å². The minimum Gasteiger partial charge on any atom is -0.484 e. The van der Waals surface area contributed by atoms with E-state index in [0.29, 0.717) is 5.82 Å². The predicted molar refractivity (Wildman–Crippen MR) is 84.3 cm³/mol. The van der Waals surface area contributed by atoms with E-state index in [1.165, 1.54) is 37.2 Å². The van der Waals surface area contributed by atoms with Crippen LogP contribution in [-0.4, -0.2) is 23.6 Å². The molecule has 0 amide bonds. The second-order valence-corrected chi connectivity index (χ2v) is 5.81. The highest BCUT2D eigenvalue weighted by Crippen LogP contribution is 2.39. The lowest BCUT2D eigenvalue weighted by molar-refractivity contribution is 0.244. The van der Waals surface area contributed by atoms with Gasteiger partial charge in [0.2, 0.25) is 0 Å². The van der Waals surface area contributed by atoms with Gasteiger partial charge in [-0.3, -0.25) is 0 Å². The number of aromatic nitrogens is 1. The monoisotopic (exact) mass is 285 g/mol. The highest BCUT2D eigenvalue weighted by molar-refractivity contribution is 7.11. The molecule has 1 aromatic heterocycles. The minimum atomic E-state index is 0.122. The number of nitrogens with zero attached hydrogens (tertiary/aromatic N) is 2. The van der Waals surface area contributed by atoms with Crippen molar-refractivity contribution in [1.82, 2.24) is 4.37 Å². The lowest BCUT2D eigenvalue weighted by Gasteiger charge is -2.24. The van der Waals surface area contributed by atoms with Crippen molar-refractivity contribution in [2.45, 2.75) is 59.5 Å². The Hall–Kier alpha value is -0.970. The van der Waals surface area contributed by atoms with Crippen molar-refractivity contribution in [3.8, 4) is 5.75 Å². The molecule has 110 valence electrons. The molecule has 1 aromatic rings. The zero-order valence-electron chi connectivity index (χ0n) is 12.6. The summed E-state index contributed by atoms with van der Waals surface area (Å²) in [6.07, 6.45) is 4.87. The van der Waals surface area contributed by atoms with E-state index in [-0.39, 0.29) is 6.10 Å². The number of nitrogens with two attached hydrogens (primary N) is 1. The van der Waals surface area contributed by atoms with E-state index < -0.39 is 0 Å². The molecule has 0 saturated heterocycles. The average molecular weight is 285 g/mol. The molecule has 5 heteroatoms. The summed E-state index contributed by atoms with van der Waals surface area (Å²) in [5.74, 6) is 1.29. The zero-order valence-corrected chi connectivity index (χ0v) is 13.4. The summed E-state index contributed by atoms with van der Waals surface area (Å²) in [5, 5.41) is 1.09. The molecule has 0 aliphatic heterocycles. The molecule has 1 rings (SSSR count). The molecule has 0 atom stereocenters. The van der Waals surface area contributed by atoms with Gasteiger partial charge in [0.25, 0.3) is 0 Å². The molecule has 0 radical (unpaired) electrons. The van der Waals surface area contributed by atoms with Gasteiger partial charge in [0.05, 0.1) is 6.10 Å². The molecule has 0 aliphatic rings. The predicted octanol–water partition coefficient (Wildman–Crippen LogP) is 3.92. The molecule has 0 fully saturated rings. The van der Waals surface area contributed by atoms with Gasteiger partial charge in [-0.25, -0.2) is 0 Å². The Bertz CT molecular complexity index is 358. The van der Waals surface area contributed by atoms with Crippen molar-refractivity contribution < 1.29 is 4.74 Å². The van der Waals surface area contributed by atoms with Crippen molar-refractivity contribution in [1.29, 1.82) is 0 Å². The van der Waals surface area contributed by atoms with Gasteiger partial charge in [0.15, 0.2) is 16.6 Å². The Morgan fingerprint density at radius 2 is 1.79 bits per heavy atom. The molecule has 0 aromatic carbocycles. The van der Waals surface area contributed by atoms with E-state index in [1.54, 1.807) is 0 Å². The first kappa shape index (κ1) is 16.1. The van der Waals surface area contributed by atoms with Crippen LogP contribution in [0.5, 0.6) is 5.75 Å². The van der Waals surface area contributed by atoms with E-state index in [1.807, 2.05) is 13.8 Å². The van der Waals surface area contributed by atoms with E-state index in [9.17, 15) is 0 Å². The van der Waals surface area contributed by atoms with Crippen LogP contribution in [0.25, 0.3) is 0 Å². The van der Waals surface area contributed by atoms with Gasteiger partial charge in [-0.15, -0.1) is 0 Å². The lowest BCUT2D eigenvalue weighted by atomic mass is 10.2. The maximum absolute atomic E-state index is 5.93. The number of hydrogen-bond donors (Lipinski definition) is 1. The molecule has 0 saturated carbocycles. The van der Waals surface area contributed by atoms with Crippen LogP contribution in [0, 0.1) is 0 Å². The highest BCUT2D eigenvalue weighted by Gasteiger charge is 2.19. The van der Waals surface area contributed by atoms with Crippen LogP contribution < -0.4 is 15.4 Å². The minimum absolute atomic E-state index is 0.122. The quantitative estimate of drug-likeness (QED) is 0.747. The Kier molecular flexibility index (Phi) is 6.99. The zero-order chi connectivity index (χ0) is 14.3. The number of ether oxygens (including phenoxy) is 1. The van der Waals surface area contributed by atoms with Crippen LogP contribution in [-0.2, 0) is 0 Å². The summed E-state index contributed by atoms with van der Waals surface area (Å²) in [7, 11) is 0. The number of unbranched alkanes of at least 4 members (excludes halogenated alkanes) is 2. The Morgan fingerprint density at radius 1 is 1.21 bits per heavy atom. The van der Waals surface area contributed by atoms with Crippen LogP contribution in [0.4, 0.5) is 10.8 Å². The largest absolute Gasteiger partial charge is 0.484 e. The Labute approximate surface area is 121 Å². The first-order valence-corrected chi connectivity index (χ1v) is 8.04. The third-order valence-electron chi connectivity index (χ3n) is 2.86. The van der Waals surface area contributed by atoms with Crippen molar-refractivity contribution in [3.05, 3.63) is 0 Å². The third-order valence-corrected chi connectivity index (χ3v) is 3.77. The summed E-state index contributed by atoms with van der Waals surface area (Å²) in [4.78, 5) is 2.37. The van der Waals surface area contributed by atoms with Gasteiger partial charge < -0.3 is 15.4 Å². The van der Waals surface area contributed by atoms with E-state index in [4.69, 9.17) is 10.5 Å². The van der Waals surface area contributed by atoms with Gasteiger partial charge in [0, 0.05) is 13.1 Å². The summed E-state index contributed by atoms with van der Waals surface area (Å²) in [5.41, 5.74) is 5.93. The Morgan fingerprint density at radius 3 is 2.26 bits per heavy atom. The fourth-order valence-corrected chi connectivity index (χ4v) is 2.65. The number of hydrogen-bond acceptors (Lipinski definition) is 5. The molecular weight excluding hydrogens is 258 g/mol. The Balaban J connectivity index is 2.86. The molecule has 19 heavy (non-hydrogen) atoms. The van der Waals surface area contributed by atoms with E-state index in [2.05, 4.69) is 23.1 Å². The molecule has 0 spiro atoms. The van der Waals surface area contributed by atoms with Gasteiger partial charge in [-0.05, 0) is 38.2 Å². The van der Waals surface area contributed by atoms with Gasteiger partial charge >= 0.3 is 0 Å². The summed E-state index contributed by atoms with van der Waals surface area (Å²) < 4.78 is 10.1. The average Bonchev–Trinajstić information content (AvgIpc) is 2.71. The first-order chi connectivity index (χ1) is 9.10.